The summed E-state index contributed by atoms with van der Waals surface area (Å²) in [6.45, 7) is 5.16. The lowest BCUT2D eigenvalue weighted by atomic mass is 9.87. The van der Waals surface area contributed by atoms with Crippen molar-refractivity contribution in [2.75, 3.05) is 0 Å². The predicted octanol–water partition coefficient (Wildman–Crippen LogP) is 2.45. The maximum atomic E-state index is 4.40. The average molecular weight is 219 g/mol. The zero-order valence-electron chi connectivity index (χ0n) is 10.2. The van der Waals surface area contributed by atoms with Crippen molar-refractivity contribution >= 4 is 0 Å². The summed E-state index contributed by atoms with van der Waals surface area (Å²) in [5.74, 6) is 1.77. The van der Waals surface area contributed by atoms with E-state index < -0.39 is 0 Å². The fourth-order valence-electron chi connectivity index (χ4n) is 2.32. The van der Waals surface area contributed by atoms with E-state index in [1.165, 1.54) is 25.7 Å². The molecule has 1 fully saturated rings. The van der Waals surface area contributed by atoms with E-state index in [0.29, 0.717) is 6.04 Å². The summed E-state index contributed by atoms with van der Waals surface area (Å²) in [6.07, 6.45) is 7.18. The minimum absolute atomic E-state index is 0.687. The Morgan fingerprint density at radius 1 is 1.31 bits per heavy atom. The van der Waals surface area contributed by atoms with Crippen LogP contribution in [0.15, 0.2) is 12.3 Å². The standard InChI is InChI=1S/C13H21N3/c1-10-3-5-12(6-4-10)15-9-13-7-8-14-11(2)16-13/h7-8,10,12,15H,3-6,9H2,1-2H3. The smallest absolute Gasteiger partial charge is 0.125 e. The van der Waals surface area contributed by atoms with Crippen LogP contribution in [0, 0.1) is 12.8 Å². The molecule has 0 saturated heterocycles. The van der Waals surface area contributed by atoms with Gasteiger partial charge in [0, 0.05) is 18.8 Å². The third kappa shape index (κ3) is 3.27. The third-order valence-electron chi connectivity index (χ3n) is 3.42. The van der Waals surface area contributed by atoms with Gasteiger partial charge in [-0.3, -0.25) is 0 Å². The van der Waals surface area contributed by atoms with Crippen molar-refractivity contribution in [1.82, 2.24) is 15.3 Å². The zero-order valence-corrected chi connectivity index (χ0v) is 10.2. The highest BCUT2D eigenvalue weighted by molar-refractivity contribution is 5.01. The quantitative estimate of drug-likeness (QED) is 0.848. The molecule has 0 spiro atoms. The second-order valence-corrected chi connectivity index (χ2v) is 4.93. The van der Waals surface area contributed by atoms with E-state index in [2.05, 4.69) is 22.2 Å². The molecule has 88 valence electrons. The maximum Gasteiger partial charge on any atom is 0.125 e. The lowest BCUT2D eigenvalue weighted by Crippen LogP contribution is -2.32. The normalized spacial score (nSPS) is 25.6. The van der Waals surface area contributed by atoms with Crippen LogP contribution >= 0.6 is 0 Å². The number of rotatable bonds is 3. The molecule has 0 unspecified atom stereocenters. The molecule has 0 amide bonds. The molecule has 0 aliphatic heterocycles. The number of hydrogen-bond donors (Lipinski definition) is 1. The molecule has 1 N–H and O–H groups in total. The van der Waals surface area contributed by atoms with Gasteiger partial charge in [-0.2, -0.15) is 0 Å². The molecule has 1 aliphatic rings. The summed E-state index contributed by atoms with van der Waals surface area (Å²) in [4.78, 5) is 8.50. The number of hydrogen-bond acceptors (Lipinski definition) is 3. The Bertz CT molecular complexity index is 330. The Hall–Kier alpha value is -0.960. The first kappa shape index (κ1) is 11.5. The lowest BCUT2D eigenvalue weighted by Gasteiger charge is -2.26. The van der Waals surface area contributed by atoms with Crippen LogP contribution in [-0.4, -0.2) is 16.0 Å². The van der Waals surface area contributed by atoms with Crippen molar-refractivity contribution in [3.8, 4) is 0 Å². The van der Waals surface area contributed by atoms with E-state index in [9.17, 15) is 0 Å². The number of nitrogens with zero attached hydrogens (tertiary/aromatic N) is 2. The van der Waals surface area contributed by atoms with Gasteiger partial charge in [0.2, 0.25) is 0 Å². The van der Waals surface area contributed by atoms with E-state index >= 15 is 0 Å². The minimum atomic E-state index is 0.687. The Morgan fingerprint density at radius 3 is 2.75 bits per heavy atom. The van der Waals surface area contributed by atoms with Crippen molar-refractivity contribution in [1.29, 1.82) is 0 Å². The molecule has 1 aliphatic carbocycles. The summed E-state index contributed by atoms with van der Waals surface area (Å²) in [5, 5.41) is 3.60. The molecule has 1 heterocycles. The Morgan fingerprint density at radius 2 is 2.06 bits per heavy atom. The predicted molar refractivity (Wildman–Crippen MR) is 65.0 cm³/mol. The van der Waals surface area contributed by atoms with Crippen LogP contribution in [0.2, 0.25) is 0 Å². The van der Waals surface area contributed by atoms with E-state index in [0.717, 1.165) is 24.0 Å². The van der Waals surface area contributed by atoms with E-state index in [1.807, 2.05) is 19.2 Å². The molecule has 1 aromatic heterocycles. The first-order valence-electron chi connectivity index (χ1n) is 6.26. The first-order chi connectivity index (χ1) is 7.74. The summed E-state index contributed by atoms with van der Waals surface area (Å²) in [5.41, 5.74) is 1.10. The van der Waals surface area contributed by atoms with Gasteiger partial charge in [-0.15, -0.1) is 0 Å². The Kier molecular flexibility index (Phi) is 3.88. The van der Waals surface area contributed by atoms with Gasteiger partial charge in [0.15, 0.2) is 0 Å². The minimum Gasteiger partial charge on any atom is -0.308 e. The second-order valence-electron chi connectivity index (χ2n) is 4.93. The Balaban J connectivity index is 1.79. The first-order valence-corrected chi connectivity index (χ1v) is 6.26. The molecular formula is C13H21N3. The monoisotopic (exact) mass is 219 g/mol. The maximum absolute atomic E-state index is 4.40. The van der Waals surface area contributed by atoms with Crippen LogP contribution in [0.4, 0.5) is 0 Å². The van der Waals surface area contributed by atoms with Gasteiger partial charge in [-0.05, 0) is 44.6 Å². The van der Waals surface area contributed by atoms with E-state index in [4.69, 9.17) is 0 Å². The highest BCUT2D eigenvalue weighted by Crippen LogP contribution is 2.23. The number of aromatic nitrogens is 2. The molecule has 16 heavy (non-hydrogen) atoms. The Labute approximate surface area is 97.7 Å². The van der Waals surface area contributed by atoms with Crippen LogP contribution in [0.1, 0.15) is 44.1 Å². The fourth-order valence-corrected chi connectivity index (χ4v) is 2.32. The van der Waals surface area contributed by atoms with Gasteiger partial charge in [-0.25, -0.2) is 9.97 Å². The average Bonchev–Trinajstić information content (AvgIpc) is 2.28. The van der Waals surface area contributed by atoms with Crippen molar-refractivity contribution in [3.05, 3.63) is 23.8 Å². The van der Waals surface area contributed by atoms with E-state index in [-0.39, 0.29) is 0 Å². The van der Waals surface area contributed by atoms with Crippen molar-refractivity contribution in [2.24, 2.45) is 5.92 Å². The summed E-state index contributed by atoms with van der Waals surface area (Å²) in [7, 11) is 0. The van der Waals surface area contributed by atoms with Gasteiger partial charge in [0.1, 0.15) is 5.82 Å². The van der Waals surface area contributed by atoms with Crippen molar-refractivity contribution in [3.63, 3.8) is 0 Å². The fraction of sp³-hybridized carbons (Fsp3) is 0.692. The molecule has 0 bridgehead atoms. The van der Waals surface area contributed by atoms with Gasteiger partial charge in [-0.1, -0.05) is 6.92 Å². The van der Waals surface area contributed by atoms with Crippen LogP contribution in [0.3, 0.4) is 0 Å². The van der Waals surface area contributed by atoms with Crippen LogP contribution in [0.5, 0.6) is 0 Å². The van der Waals surface area contributed by atoms with E-state index in [1.54, 1.807) is 0 Å². The molecule has 1 aromatic rings. The summed E-state index contributed by atoms with van der Waals surface area (Å²) >= 11 is 0. The lowest BCUT2D eigenvalue weighted by molar-refractivity contribution is 0.306. The molecule has 0 atom stereocenters. The molecule has 0 aromatic carbocycles. The third-order valence-corrected chi connectivity index (χ3v) is 3.42. The van der Waals surface area contributed by atoms with Crippen LogP contribution in [-0.2, 0) is 6.54 Å². The van der Waals surface area contributed by atoms with Crippen LogP contribution < -0.4 is 5.32 Å². The molecule has 2 rings (SSSR count). The topological polar surface area (TPSA) is 37.8 Å². The zero-order chi connectivity index (χ0) is 11.4. The highest BCUT2D eigenvalue weighted by Gasteiger charge is 2.17. The molecular weight excluding hydrogens is 198 g/mol. The second kappa shape index (κ2) is 5.39. The van der Waals surface area contributed by atoms with Crippen LogP contribution in [0.25, 0.3) is 0 Å². The highest BCUT2D eigenvalue weighted by atomic mass is 14.9. The molecule has 1 saturated carbocycles. The number of nitrogens with one attached hydrogen (secondary N) is 1. The van der Waals surface area contributed by atoms with Crippen molar-refractivity contribution in [2.45, 2.75) is 52.1 Å². The van der Waals surface area contributed by atoms with Crippen molar-refractivity contribution < 1.29 is 0 Å². The van der Waals surface area contributed by atoms with Gasteiger partial charge in [0.05, 0.1) is 5.69 Å². The summed E-state index contributed by atoms with van der Waals surface area (Å²) < 4.78 is 0. The molecule has 3 heteroatoms. The van der Waals surface area contributed by atoms with Gasteiger partial charge in [0.25, 0.3) is 0 Å². The molecule has 0 radical (unpaired) electrons. The largest absolute Gasteiger partial charge is 0.308 e. The SMILES string of the molecule is Cc1nccc(CNC2CCC(C)CC2)n1. The van der Waals surface area contributed by atoms with Gasteiger partial charge >= 0.3 is 0 Å². The van der Waals surface area contributed by atoms with Gasteiger partial charge < -0.3 is 5.32 Å². The summed E-state index contributed by atoms with van der Waals surface area (Å²) in [6, 6.07) is 2.68. The number of aryl methyl sites for hydroxylation is 1. The molecule has 3 nitrogen and oxygen atoms in total.